The van der Waals surface area contributed by atoms with E-state index in [4.69, 9.17) is 9.84 Å². The number of nitrogens with zero attached hydrogens (tertiary/aromatic N) is 3. The quantitative estimate of drug-likeness (QED) is 0.868. The van der Waals surface area contributed by atoms with Crippen molar-refractivity contribution in [3.63, 3.8) is 0 Å². The van der Waals surface area contributed by atoms with Crippen LogP contribution in [-0.2, 0) is 11.3 Å². The molecule has 2 aliphatic heterocycles. The van der Waals surface area contributed by atoms with Crippen molar-refractivity contribution in [2.24, 2.45) is 0 Å². The third kappa shape index (κ3) is 4.78. The lowest BCUT2D eigenvalue weighted by atomic mass is 9.97. The molecular weight excluding hydrogens is 346 g/mol. The van der Waals surface area contributed by atoms with Gasteiger partial charge in [0, 0.05) is 50.5 Å². The molecule has 148 valence electrons. The summed E-state index contributed by atoms with van der Waals surface area (Å²) in [7, 11) is 0. The van der Waals surface area contributed by atoms with Gasteiger partial charge in [-0.15, -0.1) is 0 Å². The molecule has 1 fully saturated rings. The first kappa shape index (κ1) is 19.6. The molecule has 3 rings (SSSR count). The Labute approximate surface area is 160 Å². The molecule has 27 heavy (non-hydrogen) atoms. The minimum absolute atomic E-state index is 0.0505. The van der Waals surface area contributed by atoms with Crippen LogP contribution in [0, 0.1) is 0 Å². The van der Waals surface area contributed by atoms with E-state index in [1.807, 2.05) is 37.8 Å². The van der Waals surface area contributed by atoms with E-state index in [1.165, 1.54) is 0 Å². The summed E-state index contributed by atoms with van der Waals surface area (Å²) in [6.45, 7) is 9.89. The first-order valence-corrected chi connectivity index (χ1v) is 9.49. The fraction of sp³-hybridized carbons (Fsp3) is 0.600. The summed E-state index contributed by atoms with van der Waals surface area (Å²) in [6.07, 6.45) is -0.266. The number of benzene rings is 1. The smallest absolute Gasteiger partial charge is 0.410 e. The number of aliphatic hydroxyl groups excluding tert-OH is 1. The Kier molecular flexibility index (Phi) is 5.72. The van der Waals surface area contributed by atoms with Gasteiger partial charge >= 0.3 is 6.09 Å². The van der Waals surface area contributed by atoms with Gasteiger partial charge in [0.25, 0.3) is 0 Å². The molecule has 0 spiro atoms. The second-order valence-electron chi connectivity index (χ2n) is 8.15. The lowest BCUT2D eigenvalue weighted by Crippen LogP contribution is -2.50. The van der Waals surface area contributed by atoms with Crippen LogP contribution in [0.25, 0.3) is 0 Å². The van der Waals surface area contributed by atoms with Crippen LogP contribution >= 0.6 is 0 Å². The average molecular weight is 375 g/mol. The lowest BCUT2D eigenvalue weighted by molar-refractivity contribution is 0.0240. The maximum absolute atomic E-state index is 12.3. The van der Waals surface area contributed by atoms with E-state index >= 15 is 0 Å². The van der Waals surface area contributed by atoms with Gasteiger partial charge in [-0.25, -0.2) is 4.79 Å². The Morgan fingerprint density at radius 2 is 1.85 bits per heavy atom. The molecule has 1 N–H and O–H groups in total. The number of anilines is 1. The van der Waals surface area contributed by atoms with Gasteiger partial charge in [-0.1, -0.05) is 0 Å². The van der Waals surface area contributed by atoms with Crippen LogP contribution in [0.5, 0.6) is 0 Å². The summed E-state index contributed by atoms with van der Waals surface area (Å²) in [5.74, 6) is 0.103. The van der Waals surface area contributed by atoms with Crippen molar-refractivity contribution in [2.75, 3.05) is 50.8 Å². The number of β-amino-alcohol motifs (C(OH)–C–C–N with tert-alkyl or cyclic N) is 1. The molecule has 0 unspecified atom stereocenters. The van der Waals surface area contributed by atoms with Crippen molar-refractivity contribution in [3.8, 4) is 0 Å². The number of fused-ring (bicyclic) bond motifs is 1. The number of hydrogen-bond acceptors (Lipinski definition) is 6. The molecule has 0 atom stereocenters. The molecule has 2 heterocycles. The minimum Gasteiger partial charge on any atom is -0.444 e. The summed E-state index contributed by atoms with van der Waals surface area (Å²) >= 11 is 0. The van der Waals surface area contributed by atoms with E-state index in [0.717, 1.165) is 29.9 Å². The predicted molar refractivity (Wildman–Crippen MR) is 103 cm³/mol. The van der Waals surface area contributed by atoms with Crippen molar-refractivity contribution in [2.45, 2.75) is 32.9 Å². The van der Waals surface area contributed by atoms with Gasteiger partial charge in [0.15, 0.2) is 5.78 Å². The van der Waals surface area contributed by atoms with Gasteiger partial charge in [-0.05, 0) is 44.5 Å². The Balaban J connectivity index is 1.65. The van der Waals surface area contributed by atoms with Gasteiger partial charge in [0.05, 0.1) is 13.2 Å². The lowest BCUT2D eigenvalue weighted by Gasteiger charge is -2.37. The van der Waals surface area contributed by atoms with Gasteiger partial charge in [-0.2, -0.15) is 0 Å². The zero-order chi connectivity index (χ0) is 19.6. The van der Waals surface area contributed by atoms with E-state index in [2.05, 4.69) is 11.0 Å². The zero-order valence-electron chi connectivity index (χ0n) is 16.4. The van der Waals surface area contributed by atoms with Crippen molar-refractivity contribution in [3.05, 3.63) is 29.3 Å². The predicted octanol–water partition coefficient (Wildman–Crippen LogP) is 1.73. The monoisotopic (exact) mass is 375 g/mol. The molecule has 7 heteroatoms. The minimum atomic E-state index is -0.486. The van der Waals surface area contributed by atoms with Gasteiger partial charge in [0.1, 0.15) is 5.60 Å². The molecule has 1 amide bonds. The maximum atomic E-state index is 12.3. The topological polar surface area (TPSA) is 73.3 Å². The average Bonchev–Trinajstić information content (AvgIpc) is 2.60. The molecule has 7 nitrogen and oxygen atoms in total. The number of aliphatic hydroxyl groups is 1. The van der Waals surface area contributed by atoms with Crippen LogP contribution < -0.4 is 4.90 Å². The fourth-order valence-electron chi connectivity index (χ4n) is 3.54. The molecule has 1 aromatic carbocycles. The number of amides is 1. The standard InChI is InChI=1S/C20H29N3O4/c1-20(2,3)27-19(26)23-8-6-22(7-9-23)16-4-5-17-15(12-16)13-21(10-11-24)14-18(17)25/h4-5,12,24H,6-11,13-14H2,1-3H3. The number of piperazine rings is 1. The molecule has 0 radical (unpaired) electrons. The highest BCUT2D eigenvalue weighted by Crippen LogP contribution is 2.26. The molecule has 1 aromatic rings. The Morgan fingerprint density at radius 1 is 1.15 bits per heavy atom. The highest BCUT2D eigenvalue weighted by atomic mass is 16.6. The molecule has 0 saturated carbocycles. The SMILES string of the molecule is CC(C)(C)OC(=O)N1CCN(c2ccc3c(c2)CN(CCO)CC3=O)CC1. The van der Waals surface area contributed by atoms with Crippen LogP contribution in [0.1, 0.15) is 36.7 Å². The summed E-state index contributed by atoms with van der Waals surface area (Å²) in [4.78, 5) is 30.4. The molecular formula is C20H29N3O4. The Bertz CT molecular complexity index is 706. The van der Waals surface area contributed by atoms with Crippen LogP contribution in [0.2, 0.25) is 0 Å². The van der Waals surface area contributed by atoms with Crippen LogP contribution in [0.3, 0.4) is 0 Å². The first-order chi connectivity index (χ1) is 12.8. The molecule has 1 saturated heterocycles. The number of rotatable bonds is 3. The third-order valence-corrected chi connectivity index (χ3v) is 4.86. The van der Waals surface area contributed by atoms with Crippen LogP contribution in [0.4, 0.5) is 10.5 Å². The molecule has 0 aromatic heterocycles. The number of carbonyl (C=O) groups is 2. The summed E-state index contributed by atoms with van der Waals surface area (Å²) in [6, 6.07) is 5.96. The normalized spacial score (nSPS) is 18.4. The highest BCUT2D eigenvalue weighted by molar-refractivity contribution is 6.00. The molecule has 0 bridgehead atoms. The number of ether oxygens (including phenoxy) is 1. The molecule has 0 aliphatic carbocycles. The molecule has 2 aliphatic rings. The summed E-state index contributed by atoms with van der Waals surface area (Å²) in [5, 5.41) is 9.15. The Hall–Kier alpha value is -2.12. The largest absolute Gasteiger partial charge is 0.444 e. The van der Waals surface area contributed by atoms with Crippen molar-refractivity contribution in [1.29, 1.82) is 0 Å². The second-order valence-corrected chi connectivity index (χ2v) is 8.15. The first-order valence-electron chi connectivity index (χ1n) is 9.49. The van der Waals surface area contributed by atoms with Crippen LogP contribution in [0.15, 0.2) is 18.2 Å². The van der Waals surface area contributed by atoms with E-state index in [1.54, 1.807) is 4.90 Å². The number of Topliss-reactive ketones (excluding diaryl/α,β-unsaturated/α-hetero) is 1. The number of hydrogen-bond donors (Lipinski definition) is 1. The van der Waals surface area contributed by atoms with Gasteiger partial charge < -0.3 is 19.6 Å². The van der Waals surface area contributed by atoms with E-state index < -0.39 is 5.60 Å². The fourth-order valence-corrected chi connectivity index (χ4v) is 3.54. The maximum Gasteiger partial charge on any atom is 0.410 e. The zero-order valence-corrected chi connectivity index (χ0v) is 16.4. The Morgan fingerprint density at radius 3 is 2.48 bits per heavy atom. The van der Waals surface area contributed by atoms with Gasteiger partial charge in [-0.3, -0.25) is 9.69 Å². The van der Waals surface area contributed by atoms with Crippen LogP contribution in [-0.4, -0.2) is 78.3 Å². The third-order valence-electron chi connectivity index (χ3n) is 4.86. The summed E-state index contributed by atoms with van der Waals surface area (Å²) < 4.78 is 5.44. The van der Waals surface area contributed by atoms with Crippen molar-refractivity contribution >= 4 is 17.6 Å². The van der Waals surface area contributed by atoms with E-state index in [9.17, 15) is 9.59 Å². The number of carbonyl (C=O) groups excluding carboxylic acids is 2. The van der Waals surface area contributed by atoms with E-state index in [-0.39, 0.29) is 18.5 Å². The van der Waals surface area contributed by atoms with Gasteiger partial charge in [0.2, 0.25) is 0 Å². The summed E-state index contributed by atoms with van der Waals surface area (Å²) in [5.41, 5.74) is 2.36. The van der Waals surface area contributed by atoms with E-state index in [0.29, 0.717) is 32.7 Å². The van der Waals surface area contributed by atoms with Crippen molar-refractivity contribution < 1.29 is 19.4 Å². The highest BCUT2D eigenvalue weighted by Gasteiger charge is 2.27. The second kappa shape index (κ2) is 7.86. The number of ketones is 1. The van der Waals surface area contributed by atoms with Crippen molar-refractivity contribution in [1.82, 2.24) is 9.80 Å².